The van der Waals surface area contributed by atoms with Crippen LogP contribution >= 0.6 is 0 Å². The number of rotatable bonds is 18. The lowest BCUT2D eigenvalue weighted by molar-refractivity contribution is -0.130. The number of nitrogens with two attached hydrogens (primary N) is 2. The van der Waals surface area contributed by atoms with Gasteiger partial charge in [0.05, 0.1) is 18.1 Å². The Hall–Kier alpha value is -2.16. The summed E-state index contributed by atoms with van der Waals surface area (Å²) >= 11 is 0. The Morgan fingerprint density at radius 1 is 1.00 bits per heavy atom. The van der Waals surface area contributed by atoms with Gasteiger partial charge in [0.1, 0.15) is 5.75 Å². The highest BCUT2D eigenvalue weighted by molar-refractivity contribution is 5.83. The molecule has 6 N–H and O–H groups in total. The lowest BCUT2D eigenvalue weighted by atomic mass is 9.80. The molecule has 41 heavy (non-hydrogen) atoms. The monoisotopic (exact) mass is 577 g/mol. The second kappa shape index (κ2) is 16.5. The van der Waals surface area contributed by atoms with Gasteiger partial charge in [0, 0.05) is 38.6 Å². The standard InChI is InChI=1S/C33H59N3O5/c1-21(2)24(16-23-12-13-26(32(5,6)7)29(17-23)41-15-11-14-40-10)18-27(34)28(37)19-25(22(3)4)30(38)36-20-33(8,9)31(35)39/h12-13,17,21-22,24-25,27-28,37H,11,14-16,18-20,34H2,1-10H3,(H2,35,39)(H,36,38)/t24-,25-,27-,28-/m0/s1. The fourth-order valence-corrected chi connectivity index (χ4v) is 4.86. The summed E-state index contributed by atoms with van der Waals surface area (Å²) in [5, 5.41) is 14.0. The van der Waals surface area contributed by atoms with Crippen molar-refractivity contribution in [1.29, 1.82) is 0 Å². The number of hydrogen-bond acceptors (Lipinski definition) is 6. The first-order valence-corrected chi connectivity index (χ1v) is 15.2. The number of amides is 2. The van der Waals surface area contributed by atoms with Crippen molar-refractivity contribution in [3.05, 3.63) is 29.3 Å². The molecular formula is C33H59N3O5. The molecule has 0 spiro atoms. The number of ether oxygens (including phenoxy) is 2. The molecule has 0 saturated carbocycles. The highest BCUT2D eigenvalue weighted by Crippen LogP contribution is 2.34. The number of nitrogens with one attached hydrogen (secondary N) is 1. The minimum atomic E-state index is -0.851. The first kappa shape index (κ1) is 36.9. The van der Waals surface area contributed by atoms with Crippen molar-refractivity contribution in [1.82, 2.24) is 5.32 Å². The molecule has 0 aliphatic heterocycles. The fraction of sp³-hybridized carbons (Fsp3) is 0.758. The summed E-state index contributed by atoms with van der Waals surface area (Å²) in [6.45, 7) is 19.6. The van der Waals surface area contributed by atoms with Crippen LogP contribution in [0.15, 0.2) is 18.2 Å². The maximum absolute atomic E-state index is 13.0. The molecular weight excluding hydrogens is 518 g/mol. The minimum absolute atomic E-state index is 0.00178. The number of hydrogen-bond donors (Lipinski definition) is 4. The molecule has 0 fully saturated rings. The molecule has 0 heterocycles. The fourth-order valence-electron chi connectivity index (χ4n) is 4.86. The van der Waals surface area contributed by atoms with E-state index in [4.69, 9.17) is 20.9 Å². The van der Waals surface area contributed by atoms with Crippen LogP contribution in [-0.4, -0.2) is 55.9 Å². The minimum Gasteiger partial charge on any atom is -0.493 e. The molecule has 0 bridgehead atoms. The van der Waals surface area contributed by atoms with E-state index in [0.717, 1.165) is 18.6 Å². The van der Waals surface area contributed by atoms with Gasteiger partial charge in [0.15, 0.2) is 0 Å². The summed E-state index contributed by atoms with van der Waals surface area (Å²) < 4.78 is 11.4. The summed E-state index contributed by atoms with van der Waals surface area (Å²) in [7, 11) is 1.69. The number of methoxy groups -OCH3 is 1. The van der Waals surface area contributed by atoms with E-state index in [1.807, 2.05) is 13.8 Å². The lowest BCUT2D eigenvalue weighted by Crippen LogP contribution is -2.46. The number of carbonyl (C=O) groups excluding carboxylic acids is 2. The zero-order valence-corrected chi connectivity index (χ0v) is 27.4. The number of aliphatic hydroxyl groups excluding tert-OH is 1. The van der Waals surface area contributed by atoms with E-state index in [2.05, 4.69) is 58.1 Å². The average molecular weight is 578 g/mol. The maximum atomic E-state index is 13.0. The van der Waals surface area contributed by atoms with Crippen molar-refractivity contribution in [3.63, 3.8) is 0 Å². The van der Waals surface area contributed by atoms with Crippen molar-refractivity contribution in [2.75, 3.05) is 26.9 Å². The predicted octanol–water partition coefficient (Wildman–Crippen LogP) is 4.58. The van der Waals surface area contributed by atoms with Gasteiger partial charge in [0.2, 0.25) is 11.8 Å². The summed E-state index contributed by atoms with van der Waals surface area (Å²) in [4.78, 5) is 24.6. The van der Waals surface area contributed by atoms with Crippen LogP contribution < -0.4 is 21.5 Å². The third-order valence-corrected chi connectivity index (χ3v) is 8.12. The van der Waals surface area contributed by atoms with Crippen molar-refractivity contribution in [2.45, 2.75) is 106 Å². The maximum Gasteiger partial charge on any atom is 0.224 e. The van der Waals surface area contributed by atoms with Gasteiger partial charge in [-0.3, -0.25) is 9.59 Å². The summed E-state index contributed by atoms with van der Waals surface area (Å²) in [6, 6.07) is 6.01. The molecule has 0 saturated heterocycles. The largest absolute Gasteiger partial charge is 0.493 e. The molecule has 4 atom stereocenters. The first-order valence-electron chi connectivity index (χ1n) is 15.2. The molecule has 0 radical (unpaired) electrons. The lowest BCUT2D eigenvalue weighted by Gasteiger charge is -2.31. The smallest absolute Gasteiger partial charge is 0.224 e. The summed E-state index contributed by atoms with van der Waals surface area (Å²) in [5.74, 6) is 0.392. The molecule has 8 nitrogen and oxygen atoms in total. The molecule has 0 aliphatic rings. The topological polar surface area (TPSA) is 137 Å². The number of benzene rings is 1. The summed E-state index contributed by atoms with van der Waals surface area (Å²) in [5.41, 5.74) is 13.5. The van der Waals surface area contributed by atoms with Gasteiger partial charge in [-0.2, -0.15) is 0 Å². The van der Waals surface area contributed by atoms with Crippen LogP contribution in [0, 0.1) is 29.1 Å². The molecule has 0 unspecified atom stereocenters. The van der Waals surface area contributed by atoms with E-state index in [0.29, 0.717) is 25.6 Å². The zero-order chi connectivity index (χ0) is 31.5. The third-order valence-electron chi connectivity index (χ3n) is 8.12. The van der Waals surface area contributed by atoms with E-state index in [9.17, 15) is 14.7 Å². The number of aliphatic hydroxyl groups is 1. The molecule has 2 amide bonds. The van der Waals surface area contributed by atoms with Gasteiger partial charge < -0.3 is 31.4 Å². The molecule has 1 aromatic carbocycles. The van der Waals surface area contributed by atoms with Crippen LogP contribution in [0.2, 0.25) is 0 Å². The van der Waals surface area contributed by atoms with Crippen LogP contribution in [-0.2, 0) is 26.2 Å². The van der Waals surface area contributed by atoms with Gasteiger partial charge in [-0.1, -0.05) is 60.6 Å². The number of primary amides is 1. The SMILES string of the molecule is COCCCOc1cc(C[C@@H](C[C@H](N)[C@@H](O)C[C@H](C(=O)NCC(C)(C)C(N)=O)C(C)C)C(C)C)ccc1C(C)(C)C. The quantitative estimate of drug-likeness (QED) is 0.189. The van der Waals surface area contributed by atoms with Gasteiger partial charge in [-0.25, -0.2) is 0 Å². The van der Waals surface area contributed by atoms with Crippen LogP contribution in [0.3, 0.4) is 0 Å². The average Bonchev–Trinajstić information content (AvgIpc) is 2.86. The Balaban J connectivity index is 2.97. The molecule has 1 rings (SSSR count). The van der Waals surface area contributed by atoms with Crippen molar-refractivity contribution >= 4 is 11.8 Å². The third kappa shape index (κ3) is 12.3. The summed E-state index contributed by atoms with van der Waals surface area (Å²) in [6.07, 6.45) is 1.69. The normalized spacial score (nSPS) is 15.5. The van der Waals surface area contributed by atoms with Crippen LogP contribution in [0.1, 0.15) is 92.7 Å². The van der Waals surface area contributed by atoms with Crippen molar-refractivity contribution in [2.24, 2.45) is 40.6 Å². The van der Waals surface area contributed by atoms with E-state index < -0.39 is 29.4 Å². The van der Waals surface area contributed by atoms with Gasteiger partial charge in [-0.05, 0) is 73.5 Å². The first-order chi connectivity index (χ1) is 18.9. The Bertz CT molecular complexity index is 955. The van der Waals surface area contributed by atoms with Crippen LogP contribution in [0.25, 0.3) is 0 Å². The van der Waals surface area contributed by atoms with Crippen LogP contribution in [0.5, 0.6) is 5.75 Å². The van der Waals surface area contributed by atoms with E-state index >= 15 is 0 Å². The second-order valence-corrected chi connectivity index (χ2v) is 14.0. The molecule has 236 valence electrons. The predicted molar refractivity (Wildman–Crippen MR) is 167 cm³/mol. The second-order valence-electron chi connectivity index (χ2n) is 14.0. The van der Waals surface area contributed by atoms with Gasteiger partial charge in [0.25, 0.3) is 0 Å². The Kier molecular flexibility index (Phi) is 14.8. The van der Waals surface area contributed by atoms with Crippen molar-refractivity contribution in [3.8, 4) is 5.75 Å². The molecule has 0 aliphatic carbocycles. The Morgan fingerprint density at radius 2 is 1.63 bits per heavy atom. The molecule has 0 aromatic heterocycles. The van der Waals surface area contributed by atoms with E-state index in [1.165, 1.54) is 11.1 Å². The van der Waals surface area contributed by atoms with Gasteiger partial charge >= 0.3 is 0 Å². The van der Waals surface area contributed by atoms with Crippen LogP contribution in [0.4, 0.5) is 0 Å². The zero-order valence-electron chi connectivity index (χ0n) is 27.4. The Labute approximate surface area is 249 Å². The Morgan fingerprint density at radius 3 is 2.15 bits per heavy atom. The van der Waals surface area contributed by atoms with E-state index in [1.54, 1.807) is 21.0 Å². The number of carbonyl (C=O) groups is 2. The molecule has 1 aromatic rings. The molecule has 8 heteroatoms. The van der Waals surface area contributed by atoms with Crippen molar-refractivity contribution < 1.29 is 24.2 Å². The highest BCUT2D eigenvalue weighted by atomic mass is 16.5. The van der Waals surface area contributed by atoms with E-state index in [-0.39, 0.29) is 36.1 Å². The highest BCUT2D eigenvalue weighted by Gasteiger charge is 2.32. The van der Waals surface area contributed by atoms with Gasteiger partial charge in [-0.15, -0.1) is 0 Å².